The van der Waals surface area contributed by atoms with Crippen molar-refractivity contribution < 1.29 is 0 Å². The Bertz CT molecular complexity index is 561. The predicted molar refractivity (Wildman–Crippen MR) is 69.0 cm³/mol. The Morgan fingerprint density at radius 1 is 1.59 bits per heavy atom. The Labute approximate surface area is 105 Å². The van der Waals surface area contributed by atoms with E-state index in [0.717, 1.165) is 17.2 Å². The zero-order valence-corrected chi connectivity index (χ0v) is 11.1. The van der Waals surface area contributed by atoms with E-state index in [9.17, 15) is 0 Å². The smallest absolute Gasteiger partial charge is 0.194 e. The zero-order chi connectivity index (χ0) is 12.4. The maximum absolute atomic E-state index is 8.72. The highest BCUT2D eigenvalue weighted by molar-refractivity contribution is 7.17. The molecule has 0 bridgehead atoms. The molecular formula is C12H16N4S. The van der Waals surface area contributed by atoms with Crippen molar-refractivity contribution in [1.82, 2.24) is 14.7 Å². The SMILES string of the molecule is Cc1cn2c(CNCC(C)C#N)c(C)nc2s1. The minimum absolute atomic E-state index is 0.0444. The number of nitrogens with zero attached hydrogens (tertiary/aromatic N) is 3. The van der Waals surface area contributed by atoms with Crippen molar-refractivity contribution in [3.05, 3.63) is 22.5 Å². The van der Waals surface area contributed by atoms with Crippen LogP contribution in [0.3, 0.4) is 0 Å². The quantitative estimate of drug-likeness (QED) is 0.903. The van der Waals surface area contributed by atoms with E-state index in [0.29, 0.717) is 6.54 Å². The van der Waals surface area contributed by atoms with Gasteiger partial charge in [-0.15, -0.1) is 11.3 Å². The first kappa shape index (κ1) is 12.1. The van der Waals surface area contributed by atoms with Gasteiger partial charge >= 0.3 is 0 Å². The molecule has 0 aliphatic carbocycles. The summed E-state index contributed by atoms with van der Waals surface area (Å²) in [5.74, 6) is 0.0444. The Morgan fingerprint density at radius 3 is 3.06 bits per heavy atom. The number of hydrogen-bond donors (Lipinski definition) is 1. The molecule has 1 atom stereocenters. The van der Waals surface area contributed by atoms with Gasteiger partial charge in [0.1, 0.15) is 0 Å². The van der Waals surface area contributed by atoms with Gasteiger partial charge in [-0.2, -0.15) is 5.26 Å². The van der Waals surface area contributed by atoms with Gasteiger partial charge < -0.3 is 5.32 Å². The number of aryl methyl sites for hydroxylation is 2. The molecular weight excluding hydrogens is 232 g/mol. The highest BCUT2D eigenvalue weighted by Gasteiger charge is 2.10. The molecule has 0 amide bonds. The lowest BCUT2D eigenvalue weighted by Gasteiger charge is -2.05. The molecule has 0 radical (unpaired) electrons. The number of aromatic nitrogens is 2. The third-order valence-corrected chi connectivity index (χ3v) is 3.60. The maximum Gasteiger partial charge on any atom is 0.194 e. The second kappa shape index (κ2) is 4.86. The molecule has 2 rings (SSSR count). The number of hydrogen-bond acceptors (Lipinski definition) is 4. The molecule has 2 aromatic heterocycles. The third kappa shape index (κ3) is 2.48. The van der Waals surface area contributed by atoms with E-state index in [1.54, 1.807) is 11.3 Å². The van der Waals surface area contributed by atoms with Crippen LogP contribution in [-0.2, 0) is 6.54 Å². The molecule has 0 spiro atoms. The van der Waals surface area contributed by atoms with Gasteiger partial charge in [0.25, 0.3) is 0 Å². The zero-order valence-electron chi connectivity index (χ0n) is 10.3. The molecule has 0 fully saturated rings. The van der Waals surface area contributed by atoms with Crippen LogP contribution in [0.5, 0.6) is 0 Å². The number of fused-ring (bicyclic) bond motifs is 1. The highest BCUT2D eigenvalue weighted by atomic mass is 32.1. The minimum Gasteiger partial charge on any atom is -0.310 e. The van der Waals surface area contributed by atoms with Crippen molar-refractivity contribution in [2.24, 2.45) is 5.92 Å². The molecule has 1 N–H and O–H groups in total. The average Bonchev–Trinajstić information content (AvgIpc) is 2.76. The van der Waals surface area contributed by atoms with Crippen molar-refractivity contribution in [2.75, 3.05) is 6.54 Å². The monoisotopic (exact) mass is 248 g/mol. The summed E-state index contributed by atoms with van der Waals surface area (Å²) >= 11 is 1.70. The molecule has 90 valence electrons. The van der Waals surface area contributed by atoms with Gasteiger partial charge in [0.05, 0.1) is 23.4 Å². The van der Waals surface area contributed by atoms with E-state index in [1.807, 2.05) is 13.8 Å². The summed E-state index contributed by atoms with van der Waals surface area (Å²) in [4.78, 5) is 6.84. The van der Waals surface area contributed by atoms with Crippen molar-refractivity contribution in [1.29, 1.82) is 5.26 Å². The fraction of sp³-hybridized carbons (Fsp3) is 0.500. The molecule has 5 heteroatoms. The summed E-state index contributed by atoms with van der Waals surface area (Å²) in [5, 5.41) is 12.0. The van der Waals surface area contributed by atoms with Gasteiger partial charge in [0.15, 0.2) is 4.96 Å². The average molecular weight is 248 g/mol. The van der Waals surface area contributed by atoms with Crippen LogP contribution in [0.1, 0.15) is 23.2 Å². The molecule has 0 saturated heterocycles. The lowest BCUT2D eigenvalue weighted by atomic mass is 10.2. The first-order valence-electron chi connectivity index (χ1n) is 5.66. The third-order valence-electron chi connectivity index (χ3n) is 2.70. The largest absolute Gasteiger partial charge is 0.310 e. The normalized spacial score (nSPS) is 12.8. The first-order chi connectivity index (χ1) is 8.11. The standard InChI is InChI=1S/C12H16N4S/c1-8(4-13)5-14-6-11-10(3)15-12-16(11)7-9(2)17-12/h7-8,14H,5-6H2,1-3H3. The summed E-state index contributed by atoms with van der Waals surface area (Å²) in [7, 11) is 0. The van der Waals surface area contributed by atoms with E-state index in [1.165, 1.54) is 10.6 Å². The summed E-state index contributed by atoms with van der Waals surface area (Å²) in [5.41, 5.74) is 2.25. The van der Waals surface area contributed by atoms with Gasteiger partial charge in [0.2, 0.25) is 0 Å². The number of thiazole rings is 1. The van der Waals surface area contributed by atoms with Crippen molar-refractivity contribution in [2.45, 2.75) is 27.3 Å². The fourth-order valence-corrected chi connectivity index (χ4v) is 2.66. The topological polar surface area (TPSA) is 53.1 Å². The van der Waals surface area contributed by atoms with Crippen molar-refractivity contribution in [3.8, 4) is 6.07 Å². The van der Waals surface area contributed by atoms with E-state index >= 15 is 0 Å². The van der Waals surface area contributed by atoms with Crippen LogP contribution in [0.2, 0.25) is 0 Å². The van der Waals surface area contributed by atoms with E-state index in [4.69, 9.17) is 5.26 Å². The Morgan fingerprint density at radius 2 is 2.35 bits per heavy atom. The minimum atomic E-state index is 0.0444. The summed E-state index contributed by atoms with van der Waals surface area (Å²) in [6.07, 6.45) is 2.12. The van der Waals surface area contributed by atoms with Crippen LogP contribution < -0.4 is 5.32 Å². The molecule has 0 aliphatic rings. The molecule has 1 unspecified atom stereocenters. The maximum atomic E-state index is 8.72. The lowest BCUT2D eigenvalue weighted by Crippen LogP contribution is -2.21. The van der Waals surface area contributed by atoms with Crippen LogP contribution in [0, 0.1) is 31.1 Å². The summed E-state index contributed by atoms with van der Waals surface area (Å²) in [6, 6.07) is 2.22. The van der Waals surface area contributed by atoms with E-state index in [2.05, 4.69) is 33.9 Å². The molecule has 0 aromatic carbocycles. The van der Waals surface area contributed by atoms with Crippen LogP contribution in [-0.4, -0.2) is 15.9 Å². The van der Waals surface area contributed by atoms with Gasteiger partial charge in [-0.1, -0.05) is 0 Å². The molecule has 17 heavy (non-hydrogen) atoms. The van der Waals surface area contributed by atoms with Gasteiger partial charge in [-0.05, 0) is 20.8 Å². The van der Waals surface area contributed by atoms with Gasteiger partial charge in [0, 0.05) is 24.2 Å². The van der Waals surface area contributed by atoms with Crippen LogP contribution >= 0.6 is 11.3 Å². The summed E-state index contributed by atoms with van der Waals surface area (Å²) in [6.45, 7) is 7.51. The van der Waals surface area contributed by atoms with Crippen molar-refractivity contribution in [3.63, 3.8) is 0 Å². The predicted octanol–water partition coefficient (Wildman–Crippen LogP) is 2.26. The second-order valence-electron chi connectivity index (χ2n) is 4.30. The van der Waals surface area contributed by atoms with Crippen LogP contribution in [0.4, 0.5) is 0 Å². The van der Waals surface area contributed by atoms with Crippen molar-refractivity contribution >= 4 is 16.3 Å². The molecule has 0 saturated carbocycles. The number of imidazole rings is 1. The fourth-order valence-electron chi connectivity index (χ4n) is 1.77. The molecule has 0 aliphatic heterocycles. The molecule has 2 aromatic rings. The number of nitriles is 1. The lowest BCUT2D eigenvalue weighted by molar-refractivity contribution is 0.592. The highest BCUT2D eigenvalue weighted by Crippen LogP contribution is 2.20. The Kier molecular flexibility index (Phi) is 3.46. The van der Waals surface area contributed by atoms with Gasteiger partial charge in [-0.25, -0.2) is 4.98 Å². The number of rotatable bonds is 4. The van der Waals surface area contributed by atoms with Crippen LogP contribution in [0.15, 0.2) is 6.20 Å². The Hall–Kier alpha value is -1.38. The summed E-state index contributed by atoms with van der Waals surface area (Å²) < 4.78 is 2.14. The molecule has 2 heterocycles. The Balaban J connectivity index is 2.12. The van der Waals surface area contributed by atoms with E-state index in [-0.39, 0.29) is 5.92 Å². The second-order valence-corrected chi connectivity index (χ2v) is 5.51. The number of nitrogens with one attached hydrogen (secondary N) is 1. The van der Waals surface area contributed by atoms with E-state index < -0.39 is 0 Å². The van der Waals surface area contributed by atoms with Crippen LogP contribution in [0.25, 0.3) is 4.96 Å². The van der Waals surface area contributed by atoms with Gasteiger partial charge in [-0.3, -0.25) is 4.40 Å². The molecule has 4 nitrogen and oxygen atoms in total. The first-order valence-corrected chi connectivity index (χ1v) is 6.47.